The molecule has 166 valence electrons. The van der Waals surface area contributed by atoms with Gasteiger partial charge in [0.1, 0.15) is 5.82 Å². The summed E-state index contributed by atoms with van der Waals surface area (Å²) in [5.74, 6) is -0.381. The first-order valence-corrected chi connectivity index (χ1v) is 12.2. The lowest BCUT2D eigenvalue weighted by molar-refractivity contribution is 0.193. The Morgan fingerprint density at radius 2 is 1.75 bits per heavy atom. The molecule has 7 heteroatoms. The lowest BCUT2D eigenvalue weighted by atomic mass is 9.81. The van der Waals surface area contributed by atoms with Crippen LogP contribution >= 0.6 is 0 Å². The molecule has 5 nitrogen and oxygen atoms in total. The first-order chi connectivity index (χ1) is 15.4. The van der Waals surface area contributed by atoms with Crippen LogP contribution in [0.3, 0.4) is 0 Å². The number of likely N-dealkylation sites (N-methyl/N-ethyl adjacent to an activating group) is 1. The molecule has 0 spiro atoms. The number of aliphatic hydroxyl groups is 1. The highest BCUT2D eigenvalue weighted by Gasteiger charge is 2.50. The van der Waals surface area contributed by atoms with E-state index in [1.807, 2.05) is 30.1 Å². The van der Waals surface area contributed by atoms with Crippen molar-refractivity contribution in [1.82, 2.24) is 4.31 Å². The summed E-state index contributed by atoms with van der Waals surface area (Å²) >= 11 is 0. The number of anilines is 1. The SMILES string of the molecule is CN1c2ccc(-c3ccccc3F)cc2[C@H]2[C@H](CCN2S(=O)(=O)c2ccccc2)[C@H]1CO. The molecule has 1 N–H and O–H groups in total. The molecule has 0 aromatic heterocycles. The van der Waals surface area contributed by atoms with Gasteiger partial charge < -0.3 is 10.0 Å². The van der Waals surface area contributed by atoms with Crippen LogP contribution in [0.15, 0.2) is 77.7 Å². The first-order valence-electron chi connectivity index (χ1n) is 10.7. The molecule has 5 rings (SSSR count). The van der Waals surface area contributed by atoms with E-state index in [1.54, 1.807) is 52.8 Å². The maximum atomic E-state index is 14.5. The van der Waals surface area contributed by atoms with Gasteiger partial charge in [-0.25, -0.2) is 12.8 Å². The van der Waals surface area contributed by atoms with Gasteiger partial charge in [0.15, 0.2) is 0 Å². The zero-order valence-corrected chi connectivity index (χ0v) is 18.5. The quantitative estimate of drug-likeness (QED) is 0.649. The molecule has 3 atom stereocenters. The van der Waals surface area contributed by atoms with E-state index in [4.69, 9.17) is 0 Å². The summed E-state index contributed by atoms with van der Waals surface area (Å²) in [7, 11) is -1.80. The Morgan fingerprint density at radius 1 is 1.03 bits per heavy atom. The molecule has 2 aliphatic rings. The third kappa shape index (κ3) is 3.23. The second kappa shape index (κ2) is 7.99. The van der Waals surface area contributed by atoms with E-state index in [9.17, 15) is 17.9 Å². The summed E-state index contributed by atoms with van der Waals surface area (Å²) in [4.78, 5) is 2.28. The Bertz CT molecular complexity index is 1250. The highest BCUT2D eigenvalue weighted by atomic mass is 32.2. The number of hydrogen-bond donors (Lipinski definition) is 1. The lowest BCUT2D eigenvalue weighted by Crippen LogP contribution is -2.48. The predicted octanol–water partition coefficient (Wildman–Crippen LogP) is 4.06. The van der Waals surface area contributed by atoms with Crippen molar-refractivity contribution in [3.63, 3.8) is 0 Å². The van der Waals surface area contributed by atoms with E-state index >= 15 is 0 Å². The zero-order valence-electron chi connectivity index (χ0n) is 17.7. The summed E-state index contributed by atoms with van der Waals surface area (Å²) in [5, 5.41) is 10.1. The van der Waals surface area contributed by atoms with Gasteiger partial charge in [-0.3, -0.25) is 0 Å². The minimum atomic E-state index is -3.73. The van der Waals surface area contributed by atoms with Crippen molar-refractivity contribution < 1.29 is 17.9 Å². The van der Waals surface area contributed by atoms with Gasteiger partial charge in [-0.2, -0.15) is 4.31 Å². The van der Waals surface area contributed by atoms with Gasteiger partial charge in [0.2, 0.25) is 10.0 Å². The van der Waals surface area contributed by atoms with Gasteiger partial charge in [0.25, 0.3) is 0 Å². The van der Waals surface area contributed by atoms with Crippen molar-refractivity contribution in [2.75, 3.05) is 25.1 Å². The first kappa shape index (κ1) is 21.1. The van der Waals surface area contributed by atoms with Gasteiger partial charge >= 0.3 is 0 Å². The summed E-state index contributed by atoms with van der Waals surface area (Å²) in [6.45, 7) is 0.311. The number of halogens is 1. The molecule has 0 bridgehead atoms. The van der Waals surface area contributed by atoms with Crippen LogP contribution in [0, 0.1) is 11.7 Å². The molecule has 3 aromatic carbocycles. The molecule has 2 aliphatic heterocycles. The second-order valence-electron chi connectivity index (χ2n) is 8.44. The maximum absolute atomic E-state index is 14.5. The molecular weight excluding hydrogens is 427 g/mol. The van der Waals surface area contributed by atoms with Crippen molar-refractivity contribution in [3.05, 3.63) is 84.2 Å². The lowest BCUT2D eigenvalue weighted by Gasteiger charge is -2.44. The topological polar surface area (TPSA) is 60.9 Å². The van der Waals surface area contributed by atoms with E-state index in [0.29, 0.717) is 24.1 Å². The molecular formula is C25H25FN2O3S. The van der Waals surface area contributed by atoms with E-state index in [1.165, 1.54) is 6.07 Å². The van der Waals surface area contributed by atoms with Crippen LogP contribution in [0.5, 0.6) is 0 Å². The summed E-state index contributed by atoms with van der Waals surface area (Å²) < 4.78 is 43.2. The van der Waals surface area contributed by atoms with Crippen molar-refractivity contribution in [3.8, 4) is 11.1 Å². The maximum Gasteiger partial charge on any atom is 0.243 e. The van der Waals surface area contributed by atoms with E-state index in [2.05, 4.69) is 0 Å². The predicted molar refractivity (Wildman–Crippen MR) is 122 cm³/mol. The van der Waals surface area contributed by atoms with Gasteiger partial charge in [0.05, 0.1) is 23.6 Å². The zero-order chi connectivity index (χ0) is 22.5. The van der Waals surface area contributed by atoms with Crippen molar-refractivity contribution >= 4 is 15.7 Å². The average Bonchev–Trinajstić information content (AvgIpc) is 3.26. The van der Waals surface area contributed by atoms with Crippen LogP contribution in [-0.2, 0) is 10.0 Å². The van der Waals surface area contributed by atoms with E-state index in [0.717, 1.165) is 11.3 Å². The number of hydrogen-bond acceptors (Lipinski definition) is 4. The van der Waals surface area contributed by atoms with Crippen LogP contribution in [0.2, 0.25) is 0 Å². The average molecular weight is 453 g/mol. The van der Waals surface area contributed by atoms with Crippen LogP contribution in [0.4, 0.5) is 10.1 Å². The van der Waals surface area contributed by atoms with Crippen LogP contribution in [0.1, 0.15) is 18.0 Å². The highest BCUT2D eigenvalue weighted by Crippen LogP contribution is 2.51. The Labute approximate surface area is 187 Å². The van der Waals surface area contributed by atoms with Crippen molar-refractivity contribution in [2.45, 2.75) is 23.4 Å². The molecule has 0 saturated carbocycles. The largest absolute Gasteiger partial charge is 0.394 e. The fourth-order valence-corrected chi connectivity index (χ4v) is 6.96. The van der Waals surface area contributed by atoms with E-state index < -0.39 is 16.1 Å². The van der Waals surface area contributed by atoms with Crippen molar-refractivity contribution in [2.24, 2.45) is 5.92 Å². The summed E-state index contributed by atoms with van der Waals surface area (Å²) in [5.41, 5.74) is 2.90. The third-order valence-corrected chi connectivity index (χ3v) is 8.73. The molecule has 0 radical (unpaired) electrons. The Hall–Kier alpha value is -2.74. The number of rotatable bonds is 4. The molecule has 0 aliphatic carbocycles. The Morgan fingerprint density at radius 3 is 2.47 bits per heavy atom. The van der Waals surface area contributed by atoms with Gasteiger partial charge in [-0.05, 0) is 47.9 Å². The number of sulfonamides is 1. The molecule has 0 amide bonds. The Balaban J connectivity index is 1.67. The number of benzene rings is 3. The van der Waals surface area contributed by atoms with Gasteiger partial charge in [-0.1, -0.05) is 42.5 Å². The molecule has 1 saturated heterocycles. The molecule has 1 fully saturated rings. The molecule has 2 heterocycles. The Kier molecular flexibility index (Phi) is 5.28. The van der Waals surface area contributed by atoms with Crippen LogP contribution in [0.25, 0.3) is 11.1 Å². The molecule has 32 heavy (non-hydrogen) atoms. The summed E-state index contributed by atoms with van der Waals surface area (Å²) in [6, 6.07) is 20.1. The molecule has 0 unspecified atom stereocenters. The van der Waals surface area contributed by atoms with Gasteiger partial charge in [-0.15, -0.1) is 0 Å². The monoisotopic (exact) mass is 452 g/mol. The summed E-state index contributed by atoms with van der Waals surface area (Å²) in [6.07, 6.45) is 0.648. The number of aliphatic hydroxyl groups excluding tert-OH is 1. The van der Waals surface area contributed by atoms with Crippen LogP contribution in [-0.4, -0.2) is 44.1 Å². The fourth-order valence-electron chi connectivity index (χ4n) is 5.27. The van der Waals surface area contributed by atoms with Crippen molar-refractivity contribution in [1.29, 1.82) is 0 Å². The second-order valence-corrected chi connectivity index (χ2v) is 10.3. The fraction of sp³-hybridized carbons (Fsp3) is 0.280. The minimum absolute atomic E-state index is 0.0631. The standard InChI is InChI=1S/C25H25FN2O3S/c1-27-23-12-11-17(19-9-5-6-10-22(19)26)15-21(23)25-20(24(27)16-29)13-14-28(25)32(30,31)18-7-3-2-4-8-18/h2-12,15,20,24-25,29H,13-14,16H2,1H3/t20-,24-,25-/m1/s1. The normalized spacial score (nSPS) is 23.1. The van der Waals surface area contributed by atoms with Gasteiger partial charge in [0, 0.05) is 30.8 Å². The van der Waals surface area contributed by atoms with Crippen LogP contribution < -0.4 is 4.90 Å². The smallest absolute Gasteiger partial charge is 0.243 e. The minimum Gasteiger partial charge on any atom is -0.394 e. The van der Waals surface area contributed by atoms with E-state index in [-0.39, 0.29) is 29.3 Å². The number of fused-ring (bicyclic) bond motifs is 3. The highest BCUT2D eigenvalue weighted by molar-refractivity contribution is 7.89. The molecule has 3 aromatic rings. The third-order valence-electron chi connectivity index (χ3n) is 6.84. The number of nitrogens with zero attached hydrogens (tertiary/aromatic N) is 2.